The summed E-state index contributed by atoms with van der Waals surface area (Å²) in [6, 6.07) is 4.07. The van der Waals surface area contributed by atoms with Crippen LogP contribution in [0.25, 0.3) is 10.2 Å². The molecule has 0 radical (unpaired) electrons. The van der Waals surface area contributed by atoms with Crippen LogP contribution < -0.4 is 0 Å². The summed E-state index contributed by atoms with van der Waals surface area (Å²) in [5.74, 6) is 0. The van der Waals surface area contributed by atoms with Gasteiger partial charge in [-0.3, -0.25) is 4.79 Å². The van der Waals surface area contributed by atoms with E-state index in [0.717, 1.165) is 39.9 Å². The van der Waals surface area contributed by atoms with Crippen molar-refractivity contribution in [3.8, 4) is 0 Å². The van der Waals surface area contributed by atoms with E-state index < -0.39 is 0 Å². The van der Waals surface area contributed by atoms with E-state index in [0.29, 0.717) is 0 Å². The van der Waals surface area contributed by atoms with Gasteiger partial charge in [0.2, 0.25) is 0 Å². The molecular weight excluding hydrogens is 206 g/mol. The van der Waals surface area contributed by atoms with Gasteiger partial charge in [-0.2, -0.15) is 0 Å². The molecule has 2 nitrogen and oxygen atoms in total. The maximum Gasteiger partial charge on any atom is 0.160 e. The van der Waals surface area contributed by atoms with E-state index in [-0.39, 0.29) is 0 Å². The molecule has 0 atom stereocenters. The third kappa shape index (κ3) is 1.92. The highest BCUT2D eigenvalue weighted by atomic mass is 32.1. The van der Waals surface area contributed by atoms with Crippen LogP contribution in [0.4, 0.5) is 0 Å². The summed E-state index contributed by atoms with van der Waals surface area (Å²) >= 11 is 1.46. The topological polar surface area (TPSA) is 30.0 Å². The number of carbonyl (C=O) groups is 1. The summed E-state index contributed by atoms with van der Waals surface area (Å²) in [5.41, 5.74) is 2.38. The van der Waals surface area contributed by atoms with Gasteiger partial charge in [-0.1, -0.05) is 13.3 Å². The van der Waals surface area contributed by atoms with Crippen molar-refractivity contribution >= 4 is 27.8 Å². The molecule has 0 bridgehead atoms. The van der Waals surface area contributed by atoms with Crippen molar-refractivity contribution in [3.63, 3.8) is 0 Å². The number of nitrogens with zero attached hydrogens (tertiary/aromatic N) is 1. The highest BCUT2D eigenvalue weighted by Crippen LogP contribution is 2.25. The Hall–Kier alpha value is -1.22. The Bertz CT molecular complexity index is 502. The predicted octanol–water partition coefficient (Wildman–Crippen LogP) is 3.37. The van der Waals surface area contributed by atoms with Crippen LogP contribution in [0.2, 0.25) is 0 Å². The number of thiophene rings is 1. The molecule has 0 spiro atoms. The zero-order chi connectivity index (χ0) is 10.8. The van der Waals surface area contributed by atoms with E-state index in [9.17, 15) is 4.79 Å². The molecule has 2 rings (SSSR count). The Morgan fingerprint density at radius 3 is 2.93 bits per heavy atom. The summed E-state index contributed by atoms with van der Waals surface area (Å²) in [5, 5.41) is 1.09. The van der Waals surface area contributed by atoms with E-state index in [1.54, 1.807) is 0 Å². The van der Waals surface area contributed by atoms with Gasteiger partial charge in [0.05, 0.1) is 4.88 Å². The van der Waals surface area contributed by atoms with Gasteiger partial charge in [-0.15, -0.1) is 11.3 Å². The zero-order valence-electron chi connectivity index (χ0n) is 8.91. The van der Waals surface area contributed by atoms with Gasteiger partial charge in [-0.25, -0.2) is 4.98 Å². The normalized spacial score (nSPS) is 10.8. The van der Waals surface area contributed by atoms with Crippen LogP contribution in [0, 0.1) is 6.92 Å². The molecule has 3 heteroatoms. The molecule has 0 amide bonds. The van der Waals surface area contributed by atoms with E-state index >= 15 is 0 Å². The molecule has 15 heavy (non-hydrogen) atoms. The van der Waals surface area contributed by atoms with Crippen LogP contribution in [0.3, 0.4) is 0 Å². The lowest BCUT2D eigenvalue weighted by atomic mass is 10.1. The second kappa shape index (κ2) is 4.11. The zero-order valence-corrected chi connectivity index (χ0v) is 9.73. The number of pyridine rings is 1. The smallest absolute Gasteiger partial charge is 0.160 e. The molecule has 0 N–H and O–H groups in total. The molecule has 0 aromatic carbocycles. The standard InChI is InChI=1S/C12H13NOS/c1-3-4-9-5-10-6-11(7-14)15-12(10)13-8(9)2/h5-7H,3-4H2,1-2H3. The Morgan fingerprint density at radius 2 is 2.27 bits per heavy atom. The largest absolute Gasteiger partial charge is 0.297 e. The third-order valence-corrected chi connectivity index (χ3v) is 3.43. The van der Waals surface area contributed by atoms with Crippen LogP contribution in [0.1, 0.15) is 34.3 Å². The number of hydrogen-bond acceptors (Lipinski definition) is 3. The van der Waals surface area contributed by atoms with Gasteiger partial charge in [0.15, 0.2) is 6.29 Å². The molecule has 0 unspecified atom stereocenters. The van der Waals surface area contributed by atoms with Gasteiger partial charge >= 0.3 is 0 Å². The van der Waals surface area contributed by atoms with Crippen molar-refractivity contribution in [2.75, 3.05) is 0 Å². The van der Waals surface area contributed by atoms with Crippen LogP contribution in [0.15, 0.2) is 12.1 Å². The van der Waals surface area contributed by atoms with Crippen LogP contribution >= 0.6 is 11.3 Å². The van der Waals surface area contributed by atoms with Crippen molar-refractivity contribution in [3.05, 3.63) is 28.3 Å². The minimum atomic E-state index is 0.755. The van der Waals surface area contributed by atoms with Crippen molar-refractivity contribution < 1.29 is 4.79 Å². The first kappa shape index (κ1) is 10.3. The second-order valence-electron chi connectivity index (χ2n) is 3.64. The van der Waals surface area contributed by atoms with E-state index in [1.807, 2.05) is 13.0 Å². The maximum atomic E-state index is 10.7. The lowest BCUT2D eigenvalue weighted by Gasteiger charge is -2.02. The summed E-state index contributed by atoms with van der Waals surface area (Å²) in [7, 11) is 0. The van der Waals surface area contributed by atoms with Crippen molar-refractivity contribution in [2.45, 2.75) is 26.7 Å². The number of fused-ring (bicyclic) bond motifs is 1. The predicted molar refractivity (Wildman–Crippen MR) is 63.7 cm³/mol. The molecule has 2 heterocycles. The molecule has 2 aromatic rings. The molecule has 0 aliphatic rings. The lowest BCUT2D eigenvalue weighted by molar-refractivity contribution is 0.112. The molecular formula is C12H13NOS. The molecule has 0 saturated heterocycles. The highest BCUT2D eigenvalue weighted by molar-refractivity contribution is 7.20. The Kier molecular flexibility index (Phi) is 2.82. The lowest BCUT2D eigenvalue weighted by Crippen LogP contribution is -1.91. The number of aldehydes is 1. The van der Waals surface area contributed by atoms with Gasteiger partial charge in [-0.05, 0) is 31.0 Å². The van der Waals surface area contributed by atoms with Crippen LogP contribution in [0.5, 0.6) is 0 Å². The quantitative estimate of drug-likeness (QED) is 0.741. The van der Waals surface area contributed by atoms with Crippen molar-refractivity contribution in [1.82, 2.24) is 4.98 Å². The Balaban J connectivity index is 2.57. The molecule has 0 saturated carbocycles. The minimum absolute atomic E-state index is 0.755. The fourth-order valence-electron chi connectivity index (χ4n) is 1.70. The summed E-state index contributed by atoms with van der Waals surface area (Å²) in [6.07, 6.45) is 3.07. The SMILES string of the molecule is CCCc1cc2cc(C=O)sc2nc1C. The maximum absolute atomic E-state index is 10.7. The fraction of sp³-hybridized carbons (Fsp3) is 0.333. The monoisotopic (exact) mass is 219 g/mol. The van der Waals surface area contributed by atoms with Crippen molar-refractivity contribution in [2.24, 2.45) is 0 Å². The van der Waals surface area contributed by atoms with Crippen molar-refractivity contribution in [1.29, 1.82) is 0 Å². The molecule has 0 aliphatic carbocycles. The number of aryl methyl sites for hydroxylation is 2. The first-order valence-corrected chi connectivity index (χ1v) is 5.91. The van der Waals surface area contributed by atoms with E-state index in [2.05, 4.69) is 18.0 Å². The number of hydrogen-bond donors (Lipinski definition) is 0. The second-order valence-corrected chi connectivity index (χ2v) is 4.71. The van der Waals surface area contributed by atoms with Crippen LogP contribution in [-0.4, -0.2) is 11.3 Å². The molecule has 0 aliphatic heterocycles. The number of rotatable bonds is 3. The molecule has 78 valence electrons. The average Bonchev–Trinajstić information content (AvgIpc) is 2.61. The number of aromatic nitrogens is 1. The van der Waals surface area contributed by atoms with E-state index in [1.165, 1.54) is 16.9 Å². The van der Waals surface area contributed by atoms with Gasteiger partial charge in [0.25, 0.3) is 0 Å². The average molecular weight is 219 g/mol. The highest BCUT2D eigenvalue weighted by Gasteiger charge is 2.06. The van der Waals surface area contributed by atoms with Crippen LogP contribution in [-0.2, 0) is 6.42 Å². The Morgan fingerprint density at radius 1 is 1.47 bits per heavy atom. The molecule has 0 fully saturated rings. The van der Waals surface area contributed by atoms with Gasteiger partial charge < -0.3 is 0 Å². The summed E-state index contributed by atoms with van der Waals surface area (Å²) < 4.78 is 0. The Labute approximate surface area is 93.0 Å². The summed E-state index contributed by atoms with van der Waals surface area (Å²) in [6.45, 7) is 4.19. The third-order valence-electron chi connectivity index (χ3n) is 2.46. The first-order chi connectivity index (χ1) is 7.24. The first-order valence-electron chi connectivity index (χ1n) is 5.10. The number of carbonyl (C=O) groups excluding carboxylic acids is 1. The fourth-order valence-corrected chi connectivity index (χ4v) is 2.58. The van der Waals surface area contributed by atoms with Gasteiger partial charge in [0.1, 0.15) is 4.83 Å². The van der Waals surface area contributed by atoms with E-state index in [4.69, 9.17) is 0 Å². The minimum Gasteiger partial charge on any atom is -0.297 e. The summed E-state index contributed by atoms with van der Waals surface area (Å²) in [4.78, 5) is 16.9. The van der Waals surface area contributed by atoms with Gasteiger partial charge in [0, 0.05) is 11.1 Å². The molecule has 2 aromatic heterocycles.